The summed E-state index contributed by atoms with van der Waals surface area (Å²) in [6.07, 6.45) is 5.38. The Hall–Kier alpha value is -3.00. The Morgan fingerprint density at radius 2 is 1.81 bits per heavy atom. The zero-order chi connectivity index (χ0) is 17.8. The lowest BCUT2D eigenvalue weighted by Gasteiger charge is -2.35. The van der Waals surface area contributed by atoms with Crippen molar-refractivity contribution in [2.75, 3.05) is 38.2 Å². The largest absolute Gasteiger partial charge is 0.481 e. The molecule has 1 saturated heterocycles. The summed E-state index contributed by atoms with van der Waals surface area (Å²) in [5.41, 5.74) is 1.22. The van der Waals surface area contributed by atoms with Crippen molar-refractivity contribution in [1.29, 1.82) is 0 Å². The van der Waals surface area contributed by atoms with Gasteiger partial charge in [0.15, 0.2) is 11.6 Å². The number of nitrogens with zero attached hydrogens (tertiary/aromatic N) is 7. The number of rotatable bonds is 5. The molecule has 0 N–H and O–H groups in total. The second kappa shape index (κ2) is 7.49. The highest BCUT2D eigenvalue weighted by molar-refractivity contribution is 5.40. The summed E-state index contributed by atoms with van der Waals surface area (Å²) in [4.78, 5) is 8.85. The van der Waals surface area contributed by atoms with Crippen molar-refractivity contribution in [3.05, 3.63) is 54.5 Å². The maximum Gasteiger partial charge on any atom is 0.213 e. The minimum atomic E-state index is 0.661. The maximum atomic E-state index is 5.20. The predicted molar refractivity (Wildman–Crippen MR) is 97.4 cm³/mol. The SMILES string of the molecule is COc1cc(CN2CCN(c3ccc(-n4cccn4)nn3)CC2)ccn1. The summed E-state index contributed by atoms with van der Waals surface area (Å²) in [5, 5.41) is 12.8. The molecule has 0 spiro atoms. The number of aromatic nitrogens is 5. The van der Waals surface area contributed by atoms with E-state index in [1.165, 1.54) is 5.56 Å². The minimum absolute atomic E-state index is 0.661. The van der Waals surface area contributed by atoms with Crippen LogP contribution >= 0.6 is 0 Å². The lowest BCUT2D eigenvalue weighted by Crippen LogP contribution is -2.46. The molecule has 0 saturated carbocycles. The first-order valence-corrected chi connectivity index (χ1v) is 8.62. The fourth-order valence-electron chi connectivity index (χ4n) is 3.07. The molecule has 0 aromatic carbocycles. The topological polar surface area (TPSA) is 72.2 Å². The van der Waals surface area contributed by atoms with Crippen molar-refractivity contribution in [1.82, 2.24) is 29.9 Å². The van der Waals surface area contributed by atoms with Crippen LogP contribution in [0.4, 0.5) is 5.82 Å². The molecule has 4 rings (SSSR count). The van der Waals surface area contributed by atoms with Gasteiger partial charge in [-0.3, -0.25) is 4.90 Å². The normalized spacial score (nSPS) is 15.2. The van der Waals surface area contributed by atoms with E-state index in [-0.39, 0.29) is 0 Å². The second-order valence-corrected chi connectivity index (χ2v) is 6.17. The van der Waals surface area contributed by atoms with Gasteiger partial charge in [0.25, 0.3) is 0 Å². The van der Waals surface area contributed by atoms with Gasteiger partial charge in [-0.1, -0.05) is 0 Å². The van der Waals surface area contributed by atoms with E-state index >= 15 is 0 Å². The highest BCUT2D eigenvalue weighted by Crippen LogP contribution is 2.16. The summed E-state index contributed by atoms with van der Waals surface area (Å²) < 4.78 is 6.90. The summed E-state index contributed by atoms with van der Waals surface area (Å²) in [7, 11) is 1.64. The molecule has 1 fully saturated rings. The molecule has 134 valence electrons. The highest BCUT2D eigenvalue weighted by atomic mass is 16.5. The van der Waals surface area contributed by atoms with Gasteiger partial charge in [-0.2, -0.15) is 5.10 Å². The van der Waals surface area contributed by atoms with E-state index < -0.39 is 0 Å². The third-order valence-electron chi connectivity index (χ3n) is 4.49. The number of methoxy groups -OCH3 is 1. The van der Waals surface area contributed by atoms with Crippen LogP contribution in [-0.4, -0.2) is 63.2 Å². The van der Waals surface area contributed by atoms with E-state index in [4.69, 9.17) is 4.74 Å². The van der Waals surface area contributed by atoms with Gasteiger partial charge in [0, 0.05) is 57.4 Å². The van der Waals surface area contributed by atoms with Crippen molar-refractivity contribution in [3.63, 3.8) is 0 Å². The van der Waals surface area contributed by atoms with E-state index in [0.717, 1.165) is 44.4 Å². The van der Waals surface area contributed by atoms with E-state index in [9.17, 15) is 0 Å². The Balaban J connectivity index is 1.34. The Labute approximate surface area is 152 Å². The highest BCUT2D eigenvalue weighted by Gasteiger charge is 2.18. The quantitative estimate of drug-likeness (QED) is 0.688. The molecule has 3 aromatic heterocycles. The van der Waals surface area contributed by atoms with Crippen molar-refractivity contribution in [2.45, 2.75) is 6.54 Å². The number of hydrogen-bond acceptors (Lipinski definition) is 7. The maximum absolute atomic E-state index is 5.20. The van der Waals surface area contributed by atoms with Gasteiger partial charge in [-0.05, 0) is 29.8 Å². The van der Waals surface area contributed by atoms with Crippen LogP contribution < -0.4 is 9.64 Å². The molecule has 1 aliphatic rings. The third kappa shape index (κ3) is 3.65. The zero-order valence-electron chi connectivity index (χ0n) is 14.7. The van der Waals surface area contributed by atoms with Crippen LogP contribution in [0.1, 0.15) is 5.56 Å². The number of pyridine rings is 1. The molecule has 26 heavy (non-hydrogen) atoms. The second-order valence-electron chi connectivity index (χ2n) is 6.17. The van der Waals surface area contributed by atoms with E-state index in [1.807, 2.05) is 36.5 Å². The van der Waals surface area contributed by atoms with Crippen LogP contribution in [0.5, 0.6) is 5.88 Å². The van der Waals surface area contributed by atoms with E-state index in [2.05, 4.69) is 30.1 Å². The first kappa shape index (κ1) is 16.5. The molecule has 8 heteroatoms. The lowest BCUT2D eigenvalue weighted by molar-refractivity contribution is 0.248. The average Bonchev–Trinajstić information content (AvgIpc) is 3.24. The molecule has 0 radical (unpaired) electrons. The van der Waals surface area contributed by atoms with E-state index in [1.54, 1.807) is 24.2 Å². The molecule has 4 heterocycles. The number of piperazine rings is 1. The number of anilines is 1. The molecule has 8 nitrogen and oxygen atoms in total. The summed E-state index contributed by atoms with van der Waals surface area (Å²) in [6.45, 7) is 4.72. The lowest BCUT2D eigenvalue weighted by atomic mass is 10.2. The fraction of sp³-hybridized carbons (Fsp3) is 0.333. The monoisotopic (exact) mass is 351 g/mol. The van der Waals surface area contributed by atoms with Gasteiger partial charge in [0.2, 0.25) is 5.88 Å². The molecule has 0 atom stereocenters. The Morgan fingerprint density at radius 3 is 2.50 bits per heavy atom. The van der Waals surface area contributed by atoms with Crippen molar-refractivity contribution in [3.8, 4) is 11.7 Å². The fourth-order valence-corrected chi connectivity index (χ4v) is 3.07. The first-order chi connectivity index (χ1) is 12.8. The van der Waals surface area contributed by atoms with Gasteiger partial charge < -0.3 is 9.64 Å². The van der Waals surface area contributed by atoms with E-state index in [0.29, 0.717) is 5.88 Å². The molecular weight excluding hydrogens is 330 g/mol. The van der Waals surface area contributed by atoms with Crippen LogP contribution in [0.3, 0.4) is 0 Å². The molecular formula is C18H21N7O. The molecule has 3 aromatic rings. The first-order valence-electron chi connectivity index (χ1n) is 8.62. The Bertz CT molecular complexity index is 827. The number of ether oxygens (including phenoxy) is 1. The Morgan fingerprint density at radius 1 is 1.00 bits per heavy atom. The molecule has 0 aliphatic carbocycles. The van der Waals surface area contributed by atoms with Gasteiger partial charge in [-0.15, -0.1) is 10.2 Å². The van der Waals surface area contributed by atoms with Crippen LogP contribution in [0.15, 0.2) is 48.9 Å². The van der Waals surface area contributed by atoms with Gasteiger partial charge in [0.05, 0.1) is 7.11 Å². The van der Waals surface area contributed by atoms with Gasteiger partial charge in [-0.25, -0.2) is 9.67 Å². The molecule has 0 amide bonds. The van der Waals surface area contributed by atoms with Crippen LogP contribution in [0, 0.1) is 0 Å². The van der Waals surface area contributed by atoms with Crippen molar-refractivity contribution in [2.24, 2.45) is 0 Å². The predicted octanol–water partition coefficient (Wildman–Crippen LogP) is 1.39. The third-order valence-corrected chi connectivity index (χ3v) is 4.49. The van der Waals surface area contributed by atoms with Gasteiger partial charge >= 0.3 is 0 Å². The standard InChI is InChI=1S/C18H21N7O/c1-26-18-13-15(5-7-19-18)14-23-9-11-24(12-10-23)16-3-4-17(22-21-16)25-8-2-6-20-25/h2-8,13H,9-12,14H2,1H3. The molecule has 1 aliphatic heterocycles. The smallest absolute Gasteiger partial charge is 0.213 e. The minimum Gasteiger partial charge on any atom is -0.481 e. The summed E-state index contributed by atoms with van der Waals surface area (Å²) >= 11 is 0. The Kier molecular flexibility index (Phi) is 4.74. The van der Waals surface area contributed by atoms with Crippen molar-refractivity contribution >= 4 is 5.82 Å². The van der Waals surface area contributed by atoms with Crippen molar-refractivity contribution < 1.29 is 4.74 Å². The van der Waals surface area contributed by atoms with Crippen LogP contribution in [0.25, 0.3) is 5.82 Å². The number of hydrogen-bond donors (Lipinski definition) is 0. The van der Waals surface area contributed by atoms with Crippen LogP contribution in [-0.2, 0) is 6.54 Å². The molecule has 0 bridgehead atoms. The summed E-state index contributed by atoms with van der Waals surface area (Å²) in [6, 6.07) is 9.85. The van der Waals surface area contributed by atoms with Crippen LogP contribution in [0.2, 0.25) is 0 Å². The van der Waals surface area contributed by atoms with Gasteiger partial charge in [0.1, 0.15) is 0 Å². The summed E-state index contributed by atoms with van der Waals surface area (Å²) in [5.74, 6) is 2.30. The molecule has 0 unspecified atom stereocenters. The zero-order valence-corrected chi connectivity index (χ0v) is 14.7. The average molecular weight is 351 g/mol.